The van der Waals surface area contributed by atoms with Crippen molar-refractivity contribution in [3.05, 3.63) is 23.8 Å². The summed E-state index contributed by atoms with van der Waals surface area (Å²) in [6, 6.07) is 4.14. The van der Waals surface area contributed by atoms with Gasteiger partial charge < -0.3 is 15.7 Å². The van der Waals surface area contributed by atoms with E-state index in [0.29, 0.717) is 11.3 Å². The Balaban J connectivity index is 2.06. The summed E-state index contributed by atoms with van der Waals surface area (Å²) in [7, 11) is -3.63. The number of hydrogen-bond acceptors (Lipinski definition) is 4. The fraction of sp³-hybridized carbons (Fsp3) is 0.529. The normalized spacial score (nSPS) is 14.7. The molecule has 1 fully saturated rings. The van der Waals surface area contributed by atoms with Crippen molar-refractivity contribution in [1.29, 1.82) is 0 Å². The van der Waals surface area contributed by atoms with Crippen molar-refractivity contribution in [1.82, 2.24) is 10.0 Å². The van der Waals surface area contributed by atoms with E-state index >= 15 is 0 Å². The summed E-state index contributed by atoms with van der Waals surface area (Å²) in [5.41, 5.74) is 0.222. The van der Waals surface area contributed by atoms with Crippen LogP contribution in [0.3, 0.4) is 0 Å². The highest BCUT2D eigenvalue weighted by atomic mass is 32.2. The maximum atomic E-state index is 12.4. The minimum absolute atomic E-state index is 0.00523. The largest absolute Gasteiger partial charge is 0.481 e. The third-order valence-electron chi connectivity index (χ3n) is 4.05. The molecule has 1 aromatic rings. The molecule has 1 aromatic carbocycles. The summed E-state index contributed by atoms with van der Waals surface area (Å²) in [5.74, 6) is -0.933. The smallest absolute Gasteiger partial charge is 0.319 e. The van der Waals surface area contributed by atoms with Gasteiger partial charge in [0.05, 0.1) is 4.90 Å². The lowest BCUT2D eigenvalue weighted by atomic mass is 9.99. The van der Waals surface area contributed by atoms with Crippen molar-refractivity contribution >= 4 is 27.7 Å². The molecule has 9 heteroatoms. The van der Waals surface area contributed by atoms with Crippen LogP contribution in [0.2, 0.25) is 0 Å². The Morgan fingerprint density at radius 3 is 2.50 bits per heavy atom. The van der Waals surface area contributed by atoms with E-state index in [-0.39, 0.29) is 23.8 Å². The molecule has 1 saturated carbocycles. The van der Waals surface area contributed by atoms with Gasteiger partial charge in [-0.05, 0) is 57.7 Å². The van der Waals surface area contributed by atoms with Crippen molar-refractivity contribution in [3.8, 4) is 0 Å². The molecular weight excluding hydrogens is 358 g/mol. The first-order valence-corrected chi connectivity index (χ1v) is 9.91. The van der Waals surface area contributed by atoms with Crippen LogP contribution in [-0.2, 0) is 14.8 Å². The zero-order valence-corrected chi connectivity index (χ0v) is 15.9. The van der Waals surface area contributed by atoms with Crippen molar-refractivity contribution in [2.45, 2.75) is 62.9 Å². The van der Waals surface area contributed by atoms with Crippen LogP contribution in [0.25, 0.3) is 0 Å². The Morgan fingerprint density at radius 2 is 1.92 bits per heavy atom. The zero-order valence-electron chi connectivity index (χ0n) is 15.1. The minimum Gasteiger partial charge on any atom is -0.481 e. The average Bonchev–Trinajstić information content (AvgIpc) is 3.30. The van der Waals surface area contributed by atoms with Gasteiger partial charge in [-0.3, -0.25) is 4.79 Å². The summed E-state index contributed by atoms with van der Waals surface area (Å²) >= 11 is 0. The second kappa shape index (κ2) is 7.63. The molecule has 2 rings (SSSR count). The van der Waals surface area contributed by atoms with Gasteiger partial charge in [0.2, 0.25) is 10.0 Å². The molecule has 0 spiro atoms. The fourth-order valence-electron chi connectivity index (χ4n) is 2.40. The van der Waals surface area contributed by atoms with Crippen molar-refractivity contribution < 1.29 is 23.1 Å². The predicted molar refractivity (Wildman–Crippen MR) is 97.6 cm³/mol. The van der Waals surface area contributed by atoms with E-state index in [4.69, 9.17) is 5.11 Å². The number of hydrogen-bond donors (Lipinski definition) is 4. The van der Waals surface area contributed by atoms with E-state index in [2.05, 4.69) is 15.4 Å². The molecule has 144 valence electrons. The number of benzene rings is 1. The molecule has 0 radical (unpaired) electrons. The first kappa shape index (κ1) is 20.2. The Kier molecular flexibility index (Phi) is 5.92. The molecule has 4 N–H and O–H groups in total. The maximum Gasteiger partial charge on any atom is 0.319 e. The first-order valence-electron chi connectivity index (χ1n) is 8.42. The molecule has 8 nitrogen and oxygen atoms in total. The van der Waals surface area contributed by atoms with Crippen molar-refractivity contribution in [3.63, 3.8) is 0 Å². The number of urea groups is 1. The molecule has 2 amide bonds. The molecule has 26 heavy (non-hydrogen) atoms. The van der Waals surface area contributed by atoms with Crippen molar-refractivity contribution in [2.24, 2.45) is 0 Å². The van der Waals surface area contributed by atoms with Crippen LogP contribution in [0.1, 0.15) is 45.1 Å². The second-order valence-corrected chi connectivity index (χ2v) is 8.91. The van der Waals surface area contributed by atoms with E-state index in [1.807, 2.05) is 0 Å². The van der Waals surface area contributed by atoms with E-state index in [9.17, 15) is 18.0 Å². The predicted octanol–water partition coefficient (Wildman–Crippen LogP) is 2.20. The number of nitrogens with one attached hydrogen (secondary N) is 3. The van der Waals surface area contributed by atoms with Crippen LogP contribution in [0.4, 0.5) is 10.5 Å². The maximum absolute atomic E-state index is 12.4. The van der Waals surface area contributed by atoms with Gasteiger partial charge in [0.25, 0.3) is 0 Å². The van der Waals surface area contributed by atoms with Gasteiger partial charge in [0, 0.05) is 23.7 Å². The lowest BCUT2D eigenvalue weighted by Crippen LogP contribution is -2.45. The summed E-state index contributed by atoms with van der Waals surface area (Å²) in [6.45, 7) is 5.14. The number of carbonyl (C=O) groups excluding carboxylic acids is 1. The number of carbonyl (C=O) groups is 2. The Morgan fingerprint density at radius 1 is 1.27 bits per heavy atom. The number of carboxylic acids is 1. The molecule has 1 aliphatic carbocycles. The topological polar surface area (TPSA) is 125 Å². The van der Waals surface area contributed by atoms with E-state index < -0.39 is 27.6 Å². The zero-order chi connectivity index (χ0) is 19.5. The average molecular weight is 383 g/mol. The first-order chi connectivity index (χ1) is 12.0. The molecule has 0 bridgehead atoms. The second-order valence-electron chi connectivity index (χ2n) is 7.23. The molecule has 0 atom stereocenters. The highest BCUT2D eigenvalue weighted by Crippen LogP contribution is 2.25. The third-order valence-corrected chi connectivity index (χ3v) is 5.71. The monoisotopic (exact) mass is 383 g/mol. The van der Waals surface area contributed by atoms with Gasteiger partial charge in [-0.2, -0.15) is 0 Å². The van der Waals surface area contributed by atoms with Gasteiger partial charge in [0.15, 0.2) is 0 Å². The molecule has 0 aromatic heterocycles. The van der Waals surface area contributed by atoms with Crippen LogP contribution in [-0.4, -0.2) is 37.1 Å². The number of rotatable bonds is 8. The Hall–Kier alpha value is -2.13. The summed E-state index contributed by atoms with van der Waals surface area (Å²) in [6.07, 6.45) is 1.88. The van der Waals surface area contributed by atoms with Crippen LogP contribution < -0.4 is 15.4 Å². The molecular formula is C17H25N3O5S. The Labute approximate surface area is 153 Å². The third kappa shape index (κ3) is 5.99. The fourth-order valence-corrected chi connectivity index (χ4v) is 3.98. The highest BCUT2D eigenvalue weighted by Gasteiger charge is 2.29. The van der Waals surface area contributed by atoms with Gasteiger partial charge in [0.1, 0.15) is 0 Å². The number of carboxylic acid groups (broad SMARTS) is 1. The quantitative estimate of drug-likeness (QED) is 0.548. The van der Waals surface area contributed by atoms with Gasteiger partial charge in [-0.1, -0.05) is 6.07 Å². The molecule has 1 aliphatic rings. The minimum atomic E-state index is -3.63. The van der Waals surface area contributed by atoms with Crippen molar-refractivity contribution in [2.75, 3.05) is 5.32 Å². The number of amides is 2. The van der Waals surface area contributed by atoms with Crippen LogP contribution >= 0.6 is 0 Å². The molecule has 0 unspecified atom stereocenters. The van der Waals surface area contributed by atoms with E-state index in [0.717, 1.165) is 12.8 Å². The van der Waals surface area contributed by atoms with Gasteiger partial charge in [-0.25, -0.2) is 17.9 Å². The Bertz CT molecular complexity index is 801. The van der Waals surface area contributed by atoms with E-state index in [1.165, 1.54) is 6.07 Å². The van der Waals surface area contributed by atoms with Crippen LogP contribution in [0.5, 0.6) is 0 Å². The summed E-state index contributed by atoms with van der Waals surface area (Å²) < 4.78 is 27.5. The lowest BCUT2D eigenvalue weighted by molar-refractivity contribution is -0.137. The summed E-state index contributed by atoms with van der Waals surface area (Å²) in [4.78, 5) is 23.0. The SMILES string of the molecule is Cc1ccc(NC(=O)NC(C)(C)CCC(=O)O)cc1S(=O)(=O)NC1CC1. The molecule has 0 aliphatic heterocycles. The number of sulfonamides is 1. The number of aliphatic carboxylic acids is 1. The summed E-state index contributed by atoms with van der Waals surface area (Å²) in [5, 5.41) is 14.1. The van der Waals surface area contributed by atoms with Gasteiger partial charge in [-0.15, -0.1) is 0 Å². The standard InChI is InChI=1S/C17H25N3O5S/c1-11-4-5-13(10-14(11)26(24,25)20-12-6-7-12)18-16(23)19-17(2,3)9-8-15(21)22/h4-5,10,12,20H,6-9H2,1-3H3,(H,21,22)(H2,18,19,23). The van der Waals surface area contributed by atoms with Crippen LogP contribution in [0.15, 0.2) is 23.1 Å². The molecule has 0 heterocycles. The number of anilines is 1. The lowest BCUT2D eigenvalue weighted by Gasteiger charge is -2.25. The van der Waals surface area contributed by atoms with Gasteiger partial charge >= 0.3 is 12.0 Å². The van der Waals surface area contributed by atoms with Crippen LogP contribution in [0, 0.1) is 6.92 Å². The highest BCUT2D eigenvalue weighted by molar-refractivity contribution is 7.89. The van der Waals surface area contributed by atoms with E-state index in [1.54, 1.807) is 32.9 Å². The molecule has 0 saturated heterocycles. The number of aryl methyl sites for hydroxylation is 1.